The Bertz CT molecular complexity index is 1230. The van der Waals surface area contributed by atoms with Gasteiger partial charge >= 0.3 is 0 Å². The summed E-state index contributed by atoms with van der Waals surface area (Å²) in [5, 5.41) is 11.6. The van der Waals surface area contributed by atoms with Crippen molar-refractivity contribution in [1.29, 1.82) is 0 Å². The number of hydrogen-bond donors (Lipinski definition) is 8. The second-order valence-corrected chi connectivity index (χ2v) is 11.8. The lowest BCUT2D eigenvalue weighted by Gasteiger charge is -2.28. The smallest absolute Gasteiger partial charge is 0.243 e. The van der Waals surface area contributed by atoms with Crippen molar-refractivity contribution < 1.29 is 19.2 Å². The summed E-state index contributed by atoms with van der Waals surface area (Å²) in [5.74, 6) is -2.31. The van der Waals surface area contributed by atoms with Crippen LogP contribution in [0.15, 0.2) is 47.2 Å². The SMILES string of the molecule is CCNC(CCCN=C(N)N)C(=O)NC(C/C(=C/N(C)C)N(C)C=S)C(=O)NC(CCCCN)C(=O)NC(Cc1ccccc1)C(N)=O. The number of rotatable bonds is 24. The number of benzene rings is 1. The number of nitrogens with two attached hydrogens (primary N) is 4. The van der Waals surface area contributed by atoms with Gasteiger partial charge in [-0.1, -0.05) is 49.5 Å². The van der Waals surface area contributed by atoms with Gasteiger partial charge in [0.05, 0.1) is 11.5 Å². The van der Waals surface area contributed by atoms with Crippen molar-refractivity contribution >= 4 is 47.3 Å². The van der Waals surface area contributed by atoms with Crippen LogP contribution in [-0.2, 0) is 25.6 Å². The molecule has 1 aromatic carbocycles. The van der Waals surface area contributed by atoms with E-state index in [-0.39, 0.29) is 25.2 Å². The number of nitrogens with zero attached hydrogens (tertiary/aromatic N) is 3. The Morgan fingerprint density at radius 1 is 0.854 bits per heavy atom. The number of nitrogens with one attached hydrogen (secondary N) is 4. The summed E-state index contributed by atoms with van der Waals surface area (Å²) in [5.41, 5.74) is 25.1. The molecule has 0 saturated heterocycles. The Morgan fingerprint density at radius 3 is 2.00 bits per heavy atom. The van der Waals surface area contributed by atoms with E-state index >= 15 is 0 Å². The molecule has 0 radical (unpaired) electrons. The molecule has 0 aromatic heterocycles. The summed E-state index contributed by atoms with van der Waals surface area (Å²) in [4.78, 5) is 61.0. The minimum Gasteiger partial charge on any atom is -0.382 e. The van der Waals surface area contributed by atoms with Crippen LogP contribution in [0.3, 0.4) is 0 Å². The van der Waals surface area contributed by atoms with Crippen LogP contribution in [0.1, 0.15) is 51.0 Å². The number of primary amides is 1. The highest BCUT2D eigenvalue weighted by Gasteiger charge is 2.31. The van der Waals surface area contributed by atoms with E-state index in [1.54, 1.807) is 23.0 Å². The quantitative estimate of drug-likeness (QED) is 0.0284. The van der Waals surface area contributed by atoms with Crippen molar-refractivity contribution in [2.24, 2.45) is 27.9 Å². The Morgan fingerprint density at radius 2 is 1.44 bits per heavy atom. The highest BCUT2D eigenvalue weighted by Crippen LogP contribution is 2.13. The van der Waals surface area contributed by atoms with Crippen molar-refractivity contribution in [3.63, 3.8) is 0 Å². The van der Waals surface area contributed by atoms with Gasteiger partial charge < -0.3 is 54.0 Å². The van der Waals surface area contributed by atoms with Gasteiger partial charge in [0.1, 0.15) is 18.1 Å². The van der Waals surface area contributed by atoms with E-state index in [0.717, 1.165) is 5.56 Å². The van der Waals surface area contributed by atoms with Crippen LogP contribution >= 0.6 is 12.2 Å². The average molecular weight is 690 g/mol. The zero-order valence-corrected chi connectivity index (χ0v) is 29.4. The van der Waals surface area contributed by atoms with Crippen LogP contribution in [0.2, 0.25) is 0 Å². The Kier molecular flexibility index (Phi) is 20.1. The largest absolute Gasteiger partial charge is 0.382 e. The van der Waals surface area contributed by atoms with Crippen LogP contribution in [0, 0.1) is 0 Å². The molecule has 48 heavy (non-hydrogen) atoms. The van der Waals surface area contributed by atoms with Gasteiger partial charge in [-0.15, -0.1) is 0 Å². The Balaban J connectivity index is 3.36. The Labute approximate surface area is 289 Å². The number of guanidine groups is 1. The van der Waals surface area contributed by atoms with E-state index in [0.29, 0.717) is 51.0 Å². The fraction of sp³-hybridized carbons (Fsp3) is 0.562. The average Bonchev–Trinajstić information content (AvgIpc) is 3.04. The molecule has 4 atom stereocenters. The molecule has 0 bridgehead atoms. The zero-order chi connectivity index (χ0) is 36.1. The molecular formula is C32H55N11O4S. The van der Waals surface area contributed by atoms with E-state index in [9.17, 15) is 19.2 Å². The molecule has 12 N–H and O–H groups in total. The molecule has 4 amide bonds. The Hall–Kier alpha value is -4.28. The maximum absolute atomic E-state index is 14.0. The van der Waals surface area contributed by atoms with Crippen LogP contribution in [0.5, 0.6) is 0 Å². The van der Waals surface area contributed by atoms with Crippen molar-refractivity contribution in [2.75, 3.05) is 40.8 Å². The van der Waals surface area contributed by atoms with Crippen LogP contribution in [0.25, 0.3) is 0 Å². The van der Waals surface area contributed by atoms with Gasteiger partial charge in [-0.2, -0.15) is 0 Å². The lowest BCUT2D eigenvalue weighted by Crippen LogP contribution is -2.58. The molecular weight excluding hydrogens is 634 g/mol. The summed E-state index contributed by atoms with van der Waals surface area (Å²) < 4.78 is 0. The lowest BCUT2D eigenvalue weighted by atomic mass is 10.0. The third-order valence-electron chi connectivity index (χ3n) is 7.30. The first-order valence-electron chi connectivity index (χ1n) is 16.1. The highest BCUT2D eigenvalue weighted by atomic mass is 32.1. The second-order valence-electron chi connectivity index (χ2n) is 11.6. The predicted octanol–water partition coefficient (Wildman–Crippen LogP) is -0.988. The third kappa shape index (κ3) is 16.5. The molecule has 0 heterocycles. The number of amides is 4. The summed E-state index contributed by atoms with van der Waals surface area (Å²) >= 11 is 5.15. The molecule has 0 saturated carbocycles. The number of carbonyl (C=O) groups is 4. The van der Waals surface area contributed by atoms with Gasteiger partial charge in [0.2, 0.25) is 23.6 Å². The van der Waals surface area contributed by atoms with E-state index in [4.69, 9.17) is 35.2 Å². The topological polar surface area (TPSA) is 239 Å². The van der Waals surface area contributed by atoms with E-state index in [2.05, 4.69) is 26.3 Å². The second kappa shape index (κ2) is 23.1. The van der Waals surface area contributed by atoms with Gasteiger partial charge in [-0.05, 0) is 50.8 Å². The van der Waals surface area contributed by atoms with Crippen LogP contribution < -0.4 is 44.2 Å². The third-order valence-corrected chi connectivity index (χ3v) is 7.62. The molecule has 0 aliphatic carbocycles. The van der Waals surface area contributed by atoms with E-state index < -0.39 is 47.8 Å². The van der Waals surface area contributed by atoms with Crippen molar-refractivity contribution in [3.8, 4) is 0 Å². The van der Waals surface area contributed by atoms with Gasteiger partial charge in [0, 0.05) is 52.4 Å². The number of unbranched alkanes of at least 4 members (excludes halogenated alkanes) is 1. The van der Waals surface area contributed by atoms with Crippen molar-refractivity contribution in [2.45, 2.75) is 76.0 Å². The van der Waals surface area contributed by atoms with Crippen molar-refractivity contribution in [1.82, 2.24) is 31.1 Å². The van der Waals surface area contributed by atoms with Crippen molar-refractivity contribution in [3.05, 3.63) is 47.8 Å². The fourth-order valence-electron chi connectivity index (χ4n) is 4.80. The molecule has 0 fully saturated rings. The summed E-state index contributed by atoms with van der Waals surface area (Å²) in [6, 6.07) is 5.37. The monoisotopic (exact) mass is 689 g/mol. The normalized spacial score (nSPS) is 13.6. The van der Waals surface area contributed by atoms with Gasteiger partial charge in [0.15, 0.2) is 5.96 Å². The maximum atomic E-state index is 14.0. The van der Waals surface area contributed by atoms with Crippen LogP contribution in [0.4, 0.5) is 0 Å². The maximum Gasteiger partial charge on any atom is 0.243 e. The summed E-state index contributed by atoms with van der Waals surface area (Å²) in [6.07, 6.45) is 4.35. The molecule has 16 heteroatoms. The highest BCUT2D eigenvalue weighted by molar-refractivity contribution is 7.78. The van der Waals surface area contributed by atoms with E-state index in [1.165, 1.54) is 5.49 Å². The molecule has 268 valence electrons. The fourth-order valence-corrected chi connectivity index (χ4v) is 4.93. The van der Waals surface area contributed by atoms with E-state index in [1.807, 2.05) is 51.4 Å². The summed E-state index contributed by atoms with van der Waals surface area (Å²) in [7, 11) is 5.39. The first kappa shape index (κ1) is 41.7. The standard InChI is InChI=1S/C32H55N11O4S/c1-5-37-24(15-11-17-38-32(35)36)29(45)41-27(19-23(20-42(2)3)43(4)21-48)31(47)39-25(14-9-10-16-33)30(46)40-26(28(34)44)18-22-12-7-6-8-13-22/h6-8,12-13,20-21,24-27,37H,5,9-11,14-19,33H2,1-4H3,(H2,34,44)(H,39,47)(H,40,46)(H,41,45)(H4,35,36,38)/b23-20-. The lowest BCUT2D eigenvalue weighted by molar-refractivity contribution is -0.133. The molecule has 0 spiro atoms. The molecule has 15 nitrogen and oxygen atoms in total. The van der Waals surface area contributed by atoms with Gasteiger partial charge in [0.25, 0.3) is 0 Å². The molecule has 1 aromatic rings. The minimum atomic E-state index is -1.10. The summed E-state index contributed by atoms with van der Waals surface area (Å²) in [6.45, 7) is 3.11. The minimum absolute atomic E-state index is 0.0358. The predicted molar refractivity (Wildman–Crippen MR) is 193 cm³/mol. The molecule has 0 aliphatic rings. The number of thiocarbonyl (C=S) groups is 1. The first-order valence-corrected chi connectivity index (χ1v) is 16.6. The van der Waals surface area contributed by atoms with Gasteiger partial charge in [-0.25, -0.2) is 0 Å². The number of hydrogen-bond acceptors (Lipinski definition) is 9. The number of likely N-dealkylation sites (N-methyl/N-ethyl adjacent to an activating group) is 1. The number of aliphatic imine (C=N–C) groups is 1. The zero-order valence-electron chi connectivity index (χ0n) is 28.6. The number of carbonyl (C=O) groups excluding carboxylic acids is 4. The molecule has 0 aliphatic heterocycles. The van der Waals surface area contributed by atoms with Gasteiger partial charge in [-0.3, -0.25) is 24.2 Å². The van der Waals surface area contributed by atoms with Crippen LogP contribution in [-0.4, -0.2) is 110 Å². The molecule has 1 rings (SSSR count). The molecule has 4 unspecified atom stereocenters. The first-order chi connectivity index (χ1) is 22.8.